The number of hydrogen-bond donors (Lipinski definition) is 1. The topological polar surface area (TPSA) is 71.8 Å². The molecule has 0 saturated carbocycles. The van der Waals surface area contributed by atoms with Crippen molar-refractivity contribution in [3.8, 4) is 0 Å². The Kier molecular flexibility index (Phi) is 5.58. The summed E-state index contributed by atoms with van der Waals surface area (Å²) < 4.78 is 36.8. The molecule has 0 amide bonds. The number of methoxy groups -OCH3 is 1. The number of nitrogens with one attached hydrogen (secondary N) is 1. The Labute approximate surface area is 125 Å². The number of furan rings is 1. The summed E-state index contributed by atoms with van der Waals surface area (Å²) in [5.41, 5.74) is 1.07. The van der Waals surface area contributed by atoms with E-state index >= 15 is 0 Å². The van der Waals surface area contributed by atoms with Crippen LogP contribution in [0.25, 0.3) is 0 Å². The van der Waals surface area contributed by atoms with E-state index in [2.05, 4.69) is 11.4 Å². The zero-order valence-electron chi connectivity index (χ0n) is 12.5. The van der Waals surface area contributed by atoms with Crippen molar-refractivity contribution in [2.24, 2.45) is 0 Å². The molecule has 0 saturated heterocycles. The van der Waals surface area contributed by atoms with Crippen molar-refractivity contribution >= 4 is 10.0 Å². The van der Waals surface area contributed by atoms with Gasteiger partial charge in [-0.3, -0.25) is 0 Å². The average molecular weight is 314 g/mol. The molecule has 1 N–H and O–H groups in total. The third-order valence-electron chi connectivity index (χ3n) is 3.31. The van der Waals surface area contributed by atoms with E-state index in [1.54, 1.807) is 13.2 Å². The zero-order valence-corrected chi connectivity index (χ0v) is 13.3. The van der Waals surface area contributed by atoms with Gasteiger partial charge >= 0.3 is 0 Å². The summed E-state index contributed by atoms with van der Waals surface area (Å²) in [4.78, 5) is 0. The molecule has 0 bridgehead atoms. The van der Waals surface area contributed by atoms with E-state index in [9.17, 15) is 8.42 Å². The van der Waals surface area contributed by atoms with Gasteiger partial charge in [-0.15, -0.1) is 0 Å². The van der Waals surface area contributed by atoms with Crippen LogP contribution in [0.5, 0.6) is 0 Å². The van der Waals surface area contributed by atoms with Gasteiger partial charge < -0.3 is 14.5 Å². The molecular weight excluding hydrogens is 292 g/mol. The molecule has 0 radical (unpaired) electrons. The first-order valence-corrected chi connectivity index (χ1v) is 8.42. The fraction of sp³-hybridized carbons (Fsp3) is 0.571. The molecule has 2 heterocycles. The highest BCUT2D eigenvalue weighted by Gasteiger charge is 2.28. The SMILES string of the molecule is COCCNCc1ccc(S(=O)(=O)N2CCC=C(C)C2)o1. The Hall–Kier alpha value is -1.15. The van der Waals surface area contributed by atoms with Gasteiger partial charge in [0.1, 0.15) is 5.76 Å². The van der Waals surface area contributed by atoms with Crippen LogP contribution in [0, 0.1) is 0 Å². The lowest BCUT2D eigenvalue weighted by molar-refractivity contribution is 0.198. The summed E-state index contributed by atoms with van der Waals surface area (Å²) in [6.45, 7) is 4.65. The second-order valence-electron chi connectivity index (χ2n) is 5.07. The molecule has 0 fully saturated rings. The second-order valence-corrected chi connectivity index (χ2v) is 6.94. The van der Waals surface area contributed by atoms with Gasteiger partial charge in [-0.25, -0.2) is 8.42 Å². The molecule has 1 aliphatic rings. The van der Waals surface area contributed by atoms with Crippen LogP contribution in [0.3, 0.4) is 0 Å². The third kappa shape index (κ3) is 4.16. The Morgan fingerprint density at radius 1 is 1.43 bits per heavy atom. The van der Waals surface area contributed by atoms with E-state index in [-0.39, 0.29) is 5.09 Å². The molecule has 2 rings (SSSR count). The molecule has 0 spiro atoms. The van der Waals surface area contributed by atoms with Gasteiger partial charge in [-0.2, -0.15) is 4.31 Å². The summed E-state index contributed by atoms with van der Waals surface area (Å²) in [5, 5.41) is 3.13. The minimum absolute atomic E-state index is 0.0146. The first-order chi connectivity index (χ1) is 10.0. The van der Waals surface area contributed by atoms with Crippen molar-refractivity contribution in [2.45, 2.75) is 25.0 Å². The molecule has 0 aliphatic carbocycles. The molecule has 0 aromatic carbocycles. The summed E-state index contributed by atoms with van der Waals surface area (Å²) in [6, 6.07) is 3.22. The van der Waals surface area contributed by atoms with Crippen LogP contribution < -0.4 is 5.32 Å². The van der Waals surface area contributed by atoms with Gasteiger partial charge in [0.2, 0.25) is 5.09 Å². The van der Waals surface area contributed by atoms with Crippen molar-refractivity contribution in [3.05, 3.63) is 29.5 Å². The van der Waals surface area contributed by atoms with E-state index in [0.29, 0.717) is 38.5 Å². The first-order valence-electron chi connectivity index (χ1n) is 6.98. The van der Waals surface area contributed by atoms with E-state index in [1.807, 2.05) is 6.92 Å². The van der Waals surface area contributed by atoms with Crippen molar-refractivity contribution in [1.29, 1.82) is 0 Å². The van der Waals surface area contributed by atoms with Crippen LogP contribution in [0.4, 0.5) is 0 Å². The minimum Gasteiger partial charge on any atom is -0.447 e. The number of hydrogen-bond acceptors (Lipinski definition) is 5. The second kappa shape index (κ2) is 7.22. The highest BCUT2D eigenvalue weighted by molar-refractivity contribution is 7.89. The maximum Gasteiger partial charge on any atom is 0.276 e. The maximum absolute atomic E-state index is 12.5. The fourth-order valence-corrected chi connectivity index (χ4v) is 3.61. The molecule has 21 heavy (non-hydrogen) atoms. The van der Waals surface area contributed by atoms with E-state index in [0.717, 1.165) is 12.0 Å². The predicted octanol–water partition coefficient (Wildman–Crippen LogP) is 1.36. The van der Waals surface area contributed by atoms with Crippen molar-refractivity contribution in [2.75, 3.05) is 33.4 Å². The average Bonchev–Trinajstić information content (AvgIpc) is 2.93. The lowest BCUT2D eigenvalue weighted by atomic mass is 10.2. The van der Waals surface area contributed by atoms with Crippen LogP contribution >= 0.6 is 0 Å². The van der Waals surface area contributed by atoms with E-state index in [1.165, 1.54) is 10.4 Å². The fourth-order valence-electron chi connectivity index (χ4n) is 2.19. The molecule has 1 aromatic rings. The number of nitrogens with zero attached hydrogens (tertiary/aromatic N) is 1. The smallest absolute Gasteiger partial charge is 0.276 e. The molecule has 1 aliphatic heterocycles. The summed E-state index contributed by atoms with van der Waals surface area (Å²) in [6.07, 6.45) is 2.82. The summed E-state index contributed by atoms with van der Waals surface area (Å²) in [5.74, 6) is 0.606. The van der Waals surface area contributed by atoms with Crippen molar-refractivity contribution < 1.29 is 17.6 Å². The minimum atomic E-state index is -3.54. The Morgan fingerprint density at radius 2 is 2.24 bits per heavy atom. The highest BCUT2D eigenvalue weighted by atomic mass is 32.2. The largest absolute Gasteiger partial charge is 0.447 e. The lowest BCUT2D eigenvalue weighted by Gasteiger charge is -2.24. The van der Waals surface area contributed by atoms with Gasteiger partial charge in [0, 0.05) is 26.7 Å². The van der Waals surface area contributed by atoms with Gasteiger partial charge in [-0.05, 0) is 25.5 Å². The Morgan fingerprint density at radius 3 is 2.95 bits per heavy atom. The number of rotatable bonds is 7. The van der Waals surface area contributed by atoms with E-state index in [4.69, 9.17) is 9.15 Å². The van der Waals surface area contributed by atoms with Crippen LogP contribution in [-0.2, 0) is 21.3 Å². The first kappa shape index (κ1) is 16.2. The third-order valence-corrected chi connectivity index (χ3v) is 5.03. The van der Waals surface area contributed by atoms with Crippen LogP contribution in [0.1, 0.15) is 19.1 Å². The Balaban J connectivity index is 2.01. The zero-order chi connectivity index (χ0) is 15.3. The quantitative estimate of drug-likeness (QED) is 0.608. The molecule has 0 atom stereocenters. The highest BCUT2D eigenvalue weighted by Crippen LogP contribution is 2.22. The molecular formula is C14H22N2O4S. The molecule has 1 aromatic heterocycles. The number of ether oxygens (including phenoxy) is 1. The van der Waals surface area contributed by atoms with Crippen molar-refractivity contribution in [1.82, 2.24) is 9.62 Å². The molecule has 118 valence electrons. The standard InChI is InChI=1S/C14H22N2O4S/c1-12-4-3-8-16(11-12)21(17,18)14-6-5-13(20-14)10-15-7-9-19-2/h4-6,15H,3,7-11H2,1-2H3. The van der Waals surface area contributed by atoms with Crippen LogP contribution in [0.15, 0.2) is 33.3 Å². The predicted molar refractivity (Wildman–Crippen MR) is 79.4 cm³/mol. The van der Waals surface area contributed by atoms with E-state index < -0.39 is 10.0 Å². The summed E-state index contributed by atoms with van der Waals surface area (Å²) >= 11 is 0. The normalized spacial score (nSPS) is 17.0. The molecule has 6 nitrogen and oxygen atoms in total. The van der Waals surface area contributed by atoms with Gasteiger partial charge in [-0.1, -0.05) is 11.6 Å². The Bertz CT molecular complexity index is 592. The maximum atomic E-state index is 12.5. The van der Waals surface area contributed by atoms with Crippen LogP contribution in [-0.4, -0.2) is 46.1 Å². The van der Waals surface area contributed by atoms with Gasteiger partial charge in [0.25, 0.3) is 10.0 Å². The lowest BCUT2D eigenvalue weighted by Crippen LogP contribution is -2.35. The summed E-state index contributed by atoms with van der Waals surface area (Å²) in [7, 11) is -1.90. The monoisotopic (exact) mass is 314 g/mol. The van der Waals surface area contributed by atoms with Gasteiger partial charge in [0.15, 0.2) is 0 Å². The van der Waals surface area contributed by atoms with Crippen LogP contribution in [0.2, 0.25) is 0 Å². The molecule has 0 unspecified atom stereocenters. The number of sulfonamides is 1. The molecule has 7 heteroatoms. The van der Waals surface area contributed by atoms with Crippen molar-refractivity contribution in [3.63, 3.8) is 0 Å². The van der Waals surface area contributed by atoms with Gasteiger partial charge in [0.05, 0.1) is 13.2 Å².